The van der Waals surface area contributed by atoms with Crippen molar-refractivity contribution in [1.29, 1.82) is 0 Å². The van der Waals surface area contributed by atoms with Crippen molar-refractivity contribution >= 4 is 5.97 Å². The predicted octanol–water partition coefficient (Wildman–Crippen LogP) is 0.926. The zero-order valence-electron chi connectivity index (χ0n) is 7.53. The summed E-state index contributed by atoms with van der Waals surface area (Å²) in [4.78, 5) is 11.1. The third-order valence-electron chi connectivity index (χ3n) is 2.82. The van der Waals surface area contributed by atoms with Crippen LogP contribution in [0.25, 0.3) is 0 Å². The van der Waals surface area contributed by atoms with Gasteiger partial charge in [-0.3, -0.25) is 9.48 Å². The Morgan fingerprint density at radius 2 is 2.38 bits per heavy atom. The second-order valence-electron chi connectivity index (χ2n) is 3.62. The Bertz CT molecular complexity index is 339. The normalized spacial score (nSPS) is 19.5. The highest BCUT2D eigenvalue weighted by molar-refractivity contribution is 5.81. The molecule has 0 radical (unpaired) electrons. The molecule has 1 aromatic heterocycles. The van der Waals surface area contributed by atoms with Crippen LogP contribution in [0.4, 0.5) is 0 Å². The molecule has 1 N–H and O–H groups in total. The third-order valence-corrected chi connectivity index (χ3v) is 2.82. The van der Waals surface area contributed by atoms with E-state index in [4.69, 9.17) is 5.11 Å². The Kier molecular flexibility index (Phi) is 1.65. The van der Waals surface area contributed by atoms with Gasteiger partial charge in [0, 0.05) is 13.2 Å². The number of carbonyl (C=O) groups is 1. The monoisotopic (exact) mass is 180 g/mol. The van der Waals surface area contributed by atoms with Gasteiger partial charge < -0.3 is 5.11 Å². The molecule has 0 bridgehead atoms. The van der Waals surface area contributed by atoms with Crippen LogP contribution in [0, 0.1) is 0 Å². The van der Waals surface area contributed by atoms with Crippen molar-refractivity contribution in [3.05, 3.63) is 18.0 Å². The molecule has 4 nitrogen and oxygen atoms in total. The zero-order valence-corrected chi connectivity index (χ0v) is 7.53. The van der Waals surface area contributed by atoms with Crippen LogP contribution >= 0.6 is 0 Å². The maximum Gasteiger partial charge on any atom is 0.315 e. The molecular formula is C9H12N2O2. The minimum Gasteiger partial charge on any atom is -0.481 e. The lowest BCUT2D eigenvalue weighted by molar-refractivity contribution is -0.147. The number of aryl methyl sites for hydroxylation is 1. The number of aromatic nitrogens is 2. The van der Waals surface area contributed by atoms with Gasteiger partial charge in [-0.25, -0.2) is 0 Å². The van der Waals surface area contributed by atoms with Crippen molar-refractivity contribution < 1.29 is 9.90 Å². The van der Waals surface area contributed by atoms with Crippen LogP contribution < -0.4 is 0 Å². The summed E-state index contributed by atoms with van der Waals surface area (Å²) in [5, 5.41) is 13.3. The first-order valence-electron chi connectivity index (χ1n) is 4.39. The van der Waals surface area contributed by atoms with Crippen molar-refractivity contribution in [2.45, 2.75) is 24.7 Å². The number of hydrogen-bond acceptors (Lipinski definition) is 2. The predicted molar refractivity (Wildman–Crippen MR) is 46.4 cm³/mol. The first-order valence-corrected chi connectivity index (χ1v) is 4.39. The molecule has 13 heavy (non-hydrogen) atoms. The second kappa shape index (κ2) is 2.58. The highest BCUT2D eigenvalue weighted by Gasteiger charge is 2.47. The van der Waals surface area contributed by atoms with Gasteiger partial charge >= 0.3 is 5.97 Å². The highest BCUT2D eigenvalue weighted by atomic mass is 16.4. The Balaban J connectivity index is 2.37. The summed E-state index contributed by atoms with van der Waals surface area (Å²) in [6.45, 7) is 0. The van der Waals surface area contributed by atoms with E-state index in [0.717, 1.165) is 19.3 Å². The largest absolute Gasteiger partial charge is 0.481 e. The second-order valence-corrected chi connectivity index (χ2v) is 3.62. The van der Waals surface area contributed by atoms with Gasteiger partial charge in [-0.05, 0) is 18.9 Å². The maximum absolute atomic E-state index is 11.1. The van der Waals surface area contributed by atoms with Crippen LogP contribution in [0.5, 0.6) is 0 Å². The van der Waals surface area contributed by atoms with Gasteiger partial charge in [0.25, 0.3) is 0 Å². The van der Waals surface area contributed by atoms with Crippen molar-refractivity contribution in [3.8, 4) is 0 Å². The molecule has 0 saturated heterocycles. The lowest BCUT2D eigenvalue weighted by atomic mass is 9.67. The van der Waals surface area contributed by atoms with E-state index >= 15 is 0 Å². The average Bonchev–Trinajstić information content (AvgIpc) is 2.32. The van der Waals surface area contributed by atoms with Crippen molar-refractivity contribution in [3.63, 3.8) is 0 Å². The van der Waals surface area contributed by atoms with Crippen LogP contribution in [-0.2, 0) is 17.3 Å². The van der Waals surface area contributed by atoms with Crippen LogP contribution in [-0.4, -0.2) is 20.9 Å². The minimum atomic E-state index is -0.738. The molecule has 1 heterocycles. The number of aliphatic carboxylic acids is 1. The fourth-order valence-electron chi connectivity index (χ4n) is 1.78. The SMILES string of the molecule is Cn1ccc(C2(C(=O)O)CCC2)n1. The van der Waals surface area contributed by atoms with Crippen molar-refractivity contribution in [2.24, 2.45) is 7.05 Å². The standard InChI is InChI=1S/C9H12N2O2/c1-11-6-3-7(10-11)9(8(12)13)4-2-5-9/h3,6H,2,4-5H2,1H3,(H,12,13). The van der Waals surface area contributed by atoms with E-state index in [-0.39, 0.29) is 0 Å². The molecule has 0 atom stereocenters. The molecular weight excluding hydrogens is 168 g/mol. The number of carboxylic acid groups (broad SMARTS) is 1. The molecule has 0 aliphatic heterocycles. The molecule has 0 spiro atoms. The van der Waals surface area contributed by atoms with E-state index in [2.05, 4.69) is 5.10 Å². The van der Waals surface area contributed by atoms with Gasteiger partial charge in [-0.2, -0.15) is 5.10 Å². The maximum atomic E-state index is 11.1. The Labute approximate surface area is 76.2 Å². The van der Waals surface area contributed by atoms with Crippen LogP contribution in [0.2, 0.25) is 0 Å². The molecule has 1 saturated carbocycles. The minimum absolute atomic E-state index is 0.679. The van der Waals surface area contributed by atoms with Gasteiger partial charge in [0.2, 0.25) is 0 Å². The number of rotatable bonds is 2. The topological polar surface area (TPSA) is 55.1 Å². The number of carboxylic acids is 1. The first-order chi connectivity index (χ1) is 6.15. The fourth-order valence-corrected chi connectivity index (χ4v) is 1.78. The molecule has 0 amide bonds. The fraction of sp³-hybridized carbons (Fsp3) is 0.556. The number of nitrogens with zero attached hydrogens (tertiary/aromatic N) is 2. The summed E-state index contributed by atoms with van der Waals surface area (Å²) in [5.74, 6) is -0.738. The summed E-state index contributed by atoms with van der Waals surface area (Å²) in [6, 6.07) is 1.80. The lowest BCUT2D eigenvalue weighted by Crippen LogP contribution is -2.42. The van der Waals surface area contributed by atoms with Crippen molar-refractivity contribution in [2.75, 3.05) is 0 Å². The van der Waals surface area contributed by atoms with Crippen molar-refractivity contribution in [1.82, 2.24) is 9.78 Å². The first kappa shape index (κ1) is 8.29. The summed E-state index contributed by atoms with van der Waals surface area (Å²) in [7, 11) is 1.80. The lowest BCUT2D eigenvalue weighted by Gasteiger charge is -2.35. The molecule has 2 rings (SSSR count). The zero-order chi connectivity index (χ0) is 9.47. The summed E-state index contributed by atoms with van der Waals surface area (Å²) >= 11 is 0. The number of hydrogen-bond donors (Lipinski definition) is 1. The van der Waals surface area contributed by atoms with Gasteiger partial charge in [0.1, 0.15) is 5.41 Å². The van der Waals surface area contributed by atoms with Gasteiger partial charge in [0.05, 0.1) is 5.69 Å². The molecule has 1 aliphatic rings. The van der Waals surface area contributed by atoms with Gasteiger partial charge in [-0.1, -0.05) is 6.42 Å². The highest BCUT2D eigenvalue weighted by Crippen LogP contribution is 2.42. The Morgan fingerprint density at radius 1 is 1.69 bits per heavy atom. The van der Waals surface area contributed by atoms with E-state index in [1.54, 1.807) is 24.0 Å². The third kappa shape index (κ3) is 1.05. The van der Waals surface area contributed by atoms with Crippen LogP contribution in [0.1, 0.15) is 25.0 Å². The summed E-state index contributed by atoms with van der Waals surface area (Å²) in [6.07, 6.45) is 4.22. The van der Waals surface area contributed by atoms with E-state index < -0.39 is 11.4 Å². The molecule has 1 aromatic rings. The van der Waals surface area contributed by atoms with E-state index in [1.165, 1.54) is 0 Å². The van der Waals surface area contributed by atoms with E-state index in [1.807, 2.05) is 0 Å². The quantitative estimate of drug-likeness (QED) is 0.736. The Hall–Kier alpha value is -1.32. The smallest absolute Gasteiger partial charge is 0.315 e. The molecule has 0 unspecified atom stereocenters. The Morgan fingerprint density at radius 3 is 2.69 bits per heavy atom. The summed E-state index contributed by atoms with van der Waals surface area (Å²) < 4.78 is 1.65. The molecule has 70 valence electrons. The molecule has 1 aliphatic carbocycles. The van der Waals surface area contributed by atoms with Crippen LogP contribution in [0.3, 0.4) is 0 Å². The average molecular weight is 180 g/mol. The van der Waals surface area contributed by atoms with Crippen LogP contribution in [0.15, 0.2) is 12.3 Å². The molecule has 4 heteroatoms. The van der Waals surface area contributed by atoms with Gasteiger partial charge in [0.15, 0.2) is 0 Å². The van der Waals surface area contributed by atoms with E-state index in [0.29, 0.717) is 5.69 Å². The summed E-state index contributed by atoms with van der Waals surface area (Å²) in [5.41, 5.74) is 0.0232. The van der Waals surface area contributed by atoms with Gasteiger partial charge in [-0.15, -0.1) is 0 Å². The molecule has 1 fully saturated rings. The van der Waals surface area contributed by atoms with E-state index in [9.17, 15) is 4.79 Å². The molecule has 0 aromatic carbocycles.